The molecular weight excluding hydrogens is 269 g/mol. The van der Waals surface area contributed by atoms with Crippen LogP contribution < -0.4 is 4.74 Å². The molecular formula is C15H19F3O2. The summed E-state index contributed by atoms with van der Waals surface area (Å²) in [5.74, 6) is -1.15. The van der Waals surface area contributed by atoms with Crippen molar-refractivity contribution in [2.45, 2.75) is 38.0 Å². The summed E-state index contributed by atoms with van der Waals surface area (Å²) >= 11 is 0. The summed E-state index contributed by atoms with van der Waals surface area (Å²) in [6.07, 6.45) is -3.80. The molecule has 0 spiro atoms. The third kappa shape index (κ3) is 3.26. The van der Waals surface area contributed by atoms with E-state index in [1.165, 1.54) is 7.11 Å². The minimum atomic E-state index is -4.17. The first-order chi connectivity index (χ1) is 9.43. The van der Waals surface area contributed by atoms with Gasteiger partial charge in [0.1, 0.15) is 5.75 Å². The first-order valence-corrected chi connectivity index (χ1v) is 6.81. The van der Waals surface area contributed by atoms with Gasteiger partial charge >= 0.3 is 6.18 Å². The van der Waals surface area contributed by atoms with Crippen molar-refractivity contribution < 1.29 is 23.0 Å². The number of benzene rings is 1. The second kappa shape index (κ2) is 6.04. The van der Waals surface area contributed by atoms with Gasteiger partial charge in [-0.2, -0.15) is 13.2 Å². The lowest BCUT2D eigenvalue weighted by atomic mass is 9.76. The summed E-state index contributed by atoms with van der Waals surface area (Å²) in [7, 11) is 1.49. The summed E-state index contributed by atoms with van der Waals surface area (Å²) in [5.41, 5.74) is 0.572. The van der Waals surface area contributed by atoms with E-state index in [1.54, 1.807) is 24.3 Å². The molecule has 1 N–H and O–H groups in total. The molecule has 0 aromatic heterocycles. The molecule has 1 aromatic rings. The Balaban J connectivity index is 2.14. The largest absolute Gasteiger partial charge is 0.496 e. The van der Waals surface area contributed by atoms with Gasteiger partial charge in [-0.1, -0.05) is 24.6 Å². The maximum Gasteiger partial charge on any atom is 0.391 e. The molecule has 3 atom stereocenters. The highest BCUT2D eigenvalue weighted by Gasteiger charge is 2.43. The van der Waals surface area contributed by atoms with Crippen LogP contribution in [0.4, 0.5) is 13.2 Å². The highest BCUT2D eigenvalue weighted by molar-refractivity contribution is 5.35. The van der Waals surface area contributed by atoms with E-state index in [0.717, 1.165) is 0 Å². The van der Waals surface area contributed by atoms with E-state index in [0.29, 0.717) is 24.2 Å². The average Bonchev–Trinajstić information content (AvgIpc) is 2.45. The van der Waals surface area contributed by atoms with E-state index in [2.05, 4.69) is 0 Å². The number of aliphatic hydroxyl groups is 1. The summed E-state index contributed by atoms with van der Waals surface area (Å²) in [5, 5.41) is 10.4. The number of para-hydroxylation sites is 1. The molecule has 112 valence electrons. The Bertz CT molecular complexity index is 445. The predicted octanol–water partition coefficient (Wildman–Crippen LogP) is 4.10. The van der Waals surface area contributed by atoms with Crippen LogP contribution in [0, 0.1) is 11.8 Å². The van der Waals surface area contributed by atoms with Gasteiger partial charge in [0.25, 0.3) is 0 Å². The van der Waals surface area contributed by atoms with E-state index in [4.69, 9.17) is 4.74 Å². The van der Waals surface area contributed by atoms with Gasteiger partial charge in [0, 0.05) is 5.56 Å². The van der Waals surface area contributed by atoms with Gasteiger partial charge < -0.3 is 9.84 Å². The molecule has 1 aliphatic carbocycles. The van der Waals surface area contributed by atoms with Crippen LogP contribution in [0.3, 0.4) is 0 Å². The van der Waals surface area contributed by atoms with Gasteiger partial charge in [-0.15, -0.1) is 0 Å². The molecule has 20 heavy (non-hydrogen) atoms. The molecule has 1 saturated carbocycles. The average molecular weight is 288 g/mol. The van der Waals surface area contributed by atoms with Crippen LogP contribution in [0.2, 0.25) is 0 Å². The number of aliphatic hydroxyl groups excluding tert-OH is 1. The Labute approximate surface area is 116 Å². The minimum Gasteiger partial charge on any atom is -0.496 e. The van der Waals surface area contributed by atoms with Gasteiger partial charge in [-0.05, 0) is 31.2 Å². The van der Waals surface area contributed by atoms with Crippen molar-refractivity contribution in [2.75, 3.05) is 7.11 Å². The van der Waals surface area contributed by atoms with Crippen LogP contribution in [0.15, 0.2) is 24.3 Å². The zero-order valence-electron chi connectivity index (χ0n) is 11.4. The van der Waals surface area contributed by atoms with Gasteiger partial charge in [-0.25, -0.2) is 0 Å². The van der Waals surface area contributed by atoms with Crippen LogP contribution in [-0.2, 0) is 0 Å². The van der Waals surface area contributed by atoms with E-state index >= 15 is 0 Å². The van der Waals surface area contributed by atoms with Crippen molar-refractivity contribution in [3.63, 3.8) is 0 Å². The summed E-state index contributed by atoms with van der Waals surface area (Å²) in [6.45, 7) is 0. The molecule has 0 heterocycles. The Morgan fingerprint density at radius 2 is 1.95 bits per heavy atom. The topological polar surface area (TPSA) is 29.5 Å². The molecule has 1 aromatic carbocycles. The van der Waals surface area contributed by atoms with E-state index in [9.17, 15) is 18.3 Å². The van der Waals surface area contributed by atoms with Gasteiger partial charge in [0.15, 0.2) is 0 Å². The lowest BCUT2D eigenvalue weighted by Gasteiger charge is -2.33. The number of hydrogen-bond donors (Lipinski definition) is 1. The molecule has 2 nitrogen and oxygen atoms in total. The van der Waals surface area contributed by atoms with Crippen molar-refractivity contribution >= 4 is 0 Å². The summed E-state index contributed by atoms with van der Waals surface area (Å²) in [4.78, 5) is 0. The third-order valence-corrected chi connectivity index (χ3v) is 4.08. The number of alkyl halides is 3. The number of ether oxygens (including phenoxy) is 1. The number of rotatable bonds is 3. The first-order valence-electron chi connectivity index (χ1n) is 6.81. The molecule has 0 radical (unpaired) electrons. The minimum absolute atomic E-state index is 0.0112. The molecule has 0 bridgehead atoms. The number of hydrogen-bond acceptors (Lipinski definition) is 2. The normalized spacial score (nSPS) is 25.2. The summed E-state index contributed by atoms with van der Waals surface area (Å²) in [6, 6.07) is 6.95. The second-order valence-corrected chi connectivity index (χ2v) is 5.35. The summed E-state index contributed by atoms with van der Waals surface area (Å²) < 4.78 is 43.6. The van der Waals surface area contributed by atoms with Gasteiger partial charge in [0.05, 0.1) is 19.1 Å². The Hall–Kier alpha value is -1.23. The quantitative estimate of drug-likeness (QED) is 0.907. The maximum absolute atomic E-state index is 12.8. The standard InChI is InChI=1S/C15H19F3O2/c1-20-13-8-3-2-7-12(13)14(19)10-5-4-6-11(9-10)15(16,17)18/h2-3,7-8,10-11,14,19H,4-6,9H2,1H3. The Morgan fingerprint density at radius 3 is 2.60 bits per heavy atom. The first kappa shape index (κ1) is 15.2. The fourth-order valence-corrected chi connectivity index (χ4v) is 2.98. The maximum atomic E-state index is 12.8. The smallest absolute Gasteiger partial charge is 0.391 e. The van der Waals surface area contributed by atoms with Crippen LogP contribution in [0.1, 0.15) is 37.4 Å². The number of halogens is 3. The highest BCUT2D eigenvalue weighted by atomic mass is 19.4. The van der Waals surface area contributed by atoms with Crippen molar-refractivity contribution in [1.82, 2.24) is 0 Å². The predicted molar refractivity (Wildman–Crippen MR) is 69.5 cm³/mol. The fourth-order valence-electron chi connectivity index (χ4n) is 2.98. The molecule has 0 aliphatic heterocycles. The van der Waals surface area contributed by atoms with E-state index in [-0.39, 0.29) is 18.8 Å². The van der Waals surface area contributed by atoms with Crippen LogP contribution in [0.5, 0.6) is 5.75 Å². The SMILES string of the molecule is COc1ccccc1C(O)C1CCCC(C(F)(F)F)C1. The van der Waals surface area contributed by atoms with Crippen molar-refractivity contribution in [2.24, 2.45) is 11.8 Å². The molecule has 1 fully saturated rings. The zero-order chi connectivity index (χ0) is 14.8. The van der Waals surface area contributed by atoms with Crippen molar-refractivity contribution in [3.05, 3.63) is 29.8 Å². The zero-order valence-corrected chi connectivity index (χ0v) is 11.4. The Morgan fingerprint density at radius 1 is 1.25 bits per heavy atom. The van der Waals surface area contributed by atoms with Crippen LogP contribution in [0.25, 0.3) is 0 Å². The van der Waals surface area contributed by atoms with E-state index in [1.807, 2.05) is 0 Å². The van der Waals surface area contributed by atoms with Gasteiger partial charge in [0.2, 0.25) is 0 Å². The lowest BCUT2D eigenvalue weighted by Crippen LogP contribution is -2.31. The van der Waals surface area contributed by atoms with Gasteiger partial charge in [-0.3, -0.25) is 0 Å². The molecule has 0 amide bonds. The van der Waals surface area contributed by atoms with E-state index < -0.39 is 18.2 Å². The van der Waals surface area contributed by atoms with Crippen molar-refractivity contribution in [3.8, 4) is 5.75 Å². The highest BCUT2D eigenvalue weighted by Crippen LogP contribution is 2.45. The number of methoxy groups -OCH3 is 1. The van der Waals surface area contributed by atoms with Crippen LogP contribution >= 0.6 is 0 Å². The van der Waals surface area contributed by atoms with Crippen molar-refractivity contribution in [1.29, 1.82) is 0 Å². The molecule has 0 saturated heterocycles. The molecule has 3 unspecified atom stereocenters. The molecule has 1 aliphatic rings. The third-order valence-electron chi connectivity index (χ3n) is 4.08. The Kier molecular flexibility index (Phi) is 4.58. The molecule has 2 rings (SSSR count). The fraction of sp³-hybridized carbons (Fsp3) is 0.600. The monoisotopic (exact) mass is 288 g/mol. The molecule has 5 heteroatoms. The van der Waals surface area contributed by atoms with Crippen LogP contribution in [-0.4, -0.2) is 18.4 Å². The second-order valence-electron chi connectivity index (χ2n) is 5.35. The lowest BCUT2D eigenvalue weighted by molar-refractivity contribution is -0.189.